The van der Waals surface area contributed by atoms with Crippen LogP contribution in [0.15, 0.2) is 60.9 Å². The van der Waals surface area contributed by atoms with Gasteiger partial charge in [-0.3, -0.25) is 9.58 Å². The molecule has 162 valence electrons. The monoisotopic (exact) mass is 421 g/mol. The van der Waals surface area contributed by atoms with Crippen molar-refractivity contribution in [1.82, 2.24) is 14.7 Å². The number of carbonyl (C=O) groups excluding carboxylic acids is 1. The second-order valence-corrected chi connectivity index (χ2v) is 7.47. The molecule has 1 fully saturated rings. The Morgan fingerprint density at radius 2 is 1.81 bits per heavy atom. The lowest BCUT2D eigenvalue weighted by Gasteiger charge is -2.26. The van der Waals surface area contributed by atoms with Gasteiger partial charge in [0.05, 0.1) is 31.6 Å². The van der Waals surface area contributed by atoms with Crippen LogP contribution in [0.4, 0.5) is 16.2 Å². The molecule has 0 unspecified atom stereocenters. The summed E-state index contributed by atoms with van der Waals surface area (Å²) >= 11 is 0. The van der Waals surface area contributed by atoms with E-state index in [9.17, 15) is 4.79 Å². The SMILES string of the molecule is Cc1cccc(Oc2ccc(NC(=O)Nc3cnn(CCN4CCOCC4)c3)cc2)c1. The topological polar surface area (TPSA) is 80.7 Å². The van der Waals surface area contributed by atoms with Crippen molar-refractivity contribution >= 4 is 17.4 Å². The number of morpholine rings is 1. The Labute approximate surface area is 181 Å². The lowest BCUT2D eigenvalue weighted by Crippen LogP contribution is -2.38. The highest BCUT2D eigenvalue weighted by Crippen LogP contribution is 2.23. The first-order chi connectivity index (χ1) is 15.1. The summed E-state index contributed by atoms with van der Waals surface area (Å²) in [7, 11) is 0. The molecule has 0 aliphatic carbocycles. The zero-order chi connectivity index (χ0) is 21.5. The minimum absolute atomic E-state index is 0.319. The van der Waals surface area contributed by atoms with Crippen molar-refractivity contribution in [1.29, 1.82) is 0 Å². The molecule has 0 bridgehead atoms. The first-order valence-electron chi connectivity index (χ1n) is 10.4. The number of aryl methyl sites for hydroxylation is 1. The number of hydrogen-bond acceptors (Lipinski definition) is 5. The number of aromatic nitrogens is 2. The van der Waals surface area contributed by atoms with E-state index in [-0.39, 0.29) is 6.03 Å². The molecule has 0 radical (unpaired) electrons. The number of amides is 2. The Balaban J connectivity index is 1.24. The summed E-state index contributed by atoms with van der Waals surface area (Å²) < 4.78 is 13.0. The molecule has 2 aromatic carbocycles. The fraction of sp³-hybridized carbons (Fsp3) is 0.304. The lowest BCUT2D eigenvalue weighted by molar-refractivity contribution is 0.0360. The third kappa shape index (κ3) is 6.31. The average Bonchev–Trinajstić information content (AvgIpc) is 3.21. The van der Waals surface area contributed by atoms with Crippen LogP contribution in [0.25, 0.3) is 0 Å². The molecule has 0 spiro atoms. The molecule has 3 aromatic rings. The number of hydrogen-bond donors (Lipinski definition) is 2. The van der Waals surface area contributed by atoms with Crippen LogP contribution in [-0.4, -0.2) is 53.6 Å². The van der Waals surface area contributed by atoms with E-state index >= 15 is 0 Å². The quantitative estimate of drug-likeness (QED) is 0.604. The average molecular weight is 422 g/mol. The molecule has 1 aliphatic heterocycles. The Bertz CT molecular complexity index is 996. The molecular weight excluding hydrogens is 394 g/mol. The first-order valence-corrected chi connectivity index (χ1v) is 10.4. The molecule has 1 aliphatic rings. The third-order valence-corrected chi connectivity index (χ3v) is 4.98. The Hall–Kier alpha value is -3.36. The number of ether oxygens (including phenoxy) is 2. The molecule has 31 heavy (non-hydrogen) atoms. The van der Waals surface area contributed by atoms with Gasteiger partial charge in [-0.25, -0.2) is 4.79 Å². The van der Waals surface area contributed by atoms with Crippen LogP contribution >= 0.6 is 0 Å². The predicted octanol–water partition coefficient (Wildman–Crippen LogP) is 3.96. The molecule has 1 saturated heterocycles. The van der Waals surface area contributed by atoms with E-state index in [1.807, 2.05) is 54.2 Å². The van der Waals surface area contributed by atoms with Crippen LogP contribution < -0.4 is 15.4 Å². The highest BCUT2D eigenvalue weighted by molar-refractivity contribution is 5.99. The Morgan fingerprint density at radius 1 is 1.03 bits per heavy atom. The summed E-state index contributed by atoms with van der Waals surface area (Å²) in [6.07, 6.45) is 3.48. The van der Waals surface area contributed by atoms with Gasteiger partial charge in [0.15, 0.2) is 0 Å². The number of nitrogens with one attached hydrogen (secondary N) is 2. The van der Waals surface area contributed by atoms with Crippen molar-refractivity contribution in [3.8, 4) is 11.5 Å². The Morgan fingerprint density at radius 3 is 2.58 bits per heavy atom. The summed E-state index contributed by atoms with van der Waals surface area (Å²) in [6.45, 7) is 7.16. The van der Waals surface area contributed by atoms with Crippen LogP contribution in [0, 0.1) is 6.92 Å². The normalized spacial score (nSPS) is 14.2. The molecular formula is C23H27N5O3. The summed E-state index contributed by atoms with van der Waals surface area (Å²) in [5.74, 6) is 1.49. The standard InChI is InChI=1S/C23H27N5O3/c1-18-3-2-4-22(15-18)31-21-7-5-19(6-8-21)25-23(29)26-20-16-24-28(17-20)10-9-27-11-13-30-14-12-27/h2-8,15-17H,9-14H2,1H3,(H2,25,26,29). The molecule has 8 heteroatoms. The van der Waals surface area contributed by atoms with Gasteiger partial charge in [-0.15, -0.1) is 0 Å². The van der Waals surface area contributed by atoms with Crippen LogP contribution in [-0.2, 0) is 11.3 Å². The van der Waals surface area contributed by atoms with Crippen LogP contribution in [0.2, 0.25) is 0 Å². The van der Waals surface area contributed by atoms with Gasteiger partial charge in [0.2, 0.25) is 0 Å². The van der Waals surface area contributed by atoms with Gasteiger partial charge >= 0.3 is 6.03 Å². The summed E-state index contributed by atoms with van der Waals surface area (Å²) in [4.78, 5) is 14.6. The van der Waals surface area contributed by atoms with Crippen molar-refractivity contribution in [2.45, 2.75) is 13.5 Å². The summed E-state index contributed by atoms with van der Waals surface area (Å²) in [5.41, 5.74) is 2.46. The maximum atomic E-state index is 12.3. The highest BCUT2D eigenvalue weighted by atomic mass is 16.5. The number of anilines is 2. The van der Waals surface area contributed by atoms with Gasteiger partial charge in [-0.2, -0.15) is 5.10 Å². The van der Waals surface area contributed by atoms with Crippen LogP contribution in [0.3, 0.4) is 0 Å². The summed E-state index contributed by atoms with van der Waals surface area (Å²) in [5, 5.41) is 9.95. The van der Waals surface area contributed by atoms with Crippen molar-refractivity contribution in [2.75, 3.05) is 43.5 Å². The Kier molecular flexibility index (Phi) is 6.81. The molecule has 2 N–H and O–H groups in total. The van der Waals surface area contributed by atoms with Gasteiger partial charge < -0.3 is 20.1 Å². The van der Waals surface area contributed by atoms with E-state index in [1.54, 1.807) is 18.3 Å². The van der Waals surface area contributed by atoms with Gasteiger partial charge in [-0.1, -0.05) is 12.1 Å². The second-order valence-electron chi connectivity index (χ2n) is 7.47. The van der Waals surface area contributed by atoms with E-state index < -0.39 is 0 Å². The zero-order valence-electron chi connectivity index (χ0n) is 17.6. The van der Waals surface area contributed by atoms with Crippen molar-refractivity contribution in [3.63, 3.8) is 0 Å². The molecule has 4 rings (SSSR count). The predicted molar refractivity (Wildman–Crippen MR) is 120 cm³/mol. The number of rotatable bonds is 7. The van der Waals surface area contributed by atoms with Gasteiger partial charge in [0.25, 0.3) is 0 Å². The van der Waals surface area contributed by atoms with E-state index in [0.29, 0.717) is 17.1 Å². The minimum Gasteiger partial charge on any atom is -0.457 e. The first kappa shape index (κ1) is 20.9. The summed E-state index contributed by atoms with van der Waals surface area (Å²) in [6, 6.07) is 14.8. The van der Waals surface area contributed by atoms with Gasteiger partial charge in [0, 0.05) is 31.5 Å². The van der Waals surface area contributed by atoms with E-state index in [0.717, 1.165) is 50.7 Å². The maximum Gasteiger partial charge on any atom is 0.323 e. The third-order valence-electron chi connectivity index (χ3n) is 4.98. The van der Waals surface area contributed by atoms with E-state index in [2.05, 4.69) is 20.6 Å². The number of urea groups is 1. The fourth-order valence-electron chi connectivity index (χ4n) is 3.33. The molecule has 1 aromatic heterocycles. The van der Waals surface area contributed by atoms with Crippen LogP contribution in [0.5, 0.6) is 11.5 Å². The number of nitrogens with zero attached hydrogens (tertiary/aromatic N) is 3. The molecule has 2 amide bonds. The van der Waals surface area contributed by atoms with Gasteiger partial charge in [-0.05, 0) is 48.9 Å². The minimum atomic E-state index is -0.319. The highest BCUT2D eigenvalue weighted by Gasteiger charge is 2.11. The van der Waals surface area contributed by atoms with Crippen molar-refractivity contribution in [2.24, 2.45) is 0 Å². The van der Waals surface area contributed by atoms with E-state index in [1.165, 1.54) is 0 Å². The molecule has 8 nitrogen and oxygen atoms in total. The second kappa shape index (κ2) is 10.1. The molecule has 0 atom stereocenters. The maximum absolute atomic E-state index is 12.3. The zero-order valence-corrected chi connectivity index (χ0v) is 17.6. The van der Waals surface area contributed by atoms with Crippen LogP contribution in [0.1, 0.15) is 5.56 Å². The van der Waals surface area contributed by atoms with Gasteiger partial charge in [0.1, 0.15) is 11.5 Å². The lowest BCUT2D eigenvalue weighted by atomic mass is 10.2. The van der Waals surface area contributed by atoms with E-state index in [4.69, 9.17) is 9.47 Å². The largest absolute Gasteiger partial charge is 0.457 e. The van der Waals surface area contributed by atoms with Crippen molar-refractivity contribution < 1.29 is 14.3 Å². The fourth-order valence-corrected chi connectivity index (χ4v) is 3.33. The van der Waals surface area contributed by atoms with Crippen molar-refractivity contribution in [3.05, 3.63) is 66.5 Å². The smallest absolute Gasteiger partial charge is 0.323 e. The number of carbonyl (C=O) groups is 1. The molecule has 2 heterocycles. The molecule has 0 saturated carbocycles. The number of benzene rings is 2.